The molecule has 0 aliphatic carbocycles. The number of rotatable bonds is 5. The predicted octanol–water partition coefficient (Wildman–Crippen LogP) is 1.22. The largest absolute Gasteiger partial charge is 0.460 e. The molecule has 6 heteroatoms. The highest BCUT2D eigenvalue weighted by molar-refractivity contribution is 5.84. The van der Waals surface area contributed by atoms with E-state index in [0.29, 0.717) is 6.42 Å². The smallest absolute Gasteiger partial charge is 0.379 e. The summed E-state index contributed by atoms with van der Waals surface area (Å²) in [5.74, 6) is -0.410. The minimum atomic E-state index is -0.702. The van der Waals surface area contributed by atoms with Gasteiger partial charge in [0.15, 0.2) is 0 Å². The maximum atomic E-state index is 11.3. The average Bonchev–Trinajstić information content (AvgIpc) is 2.67. The van der Waals surface area contributed by atoms with Crippen molar-refractivity contribution in [2.45, 2.75) is 39.2 Å². The first-order valence-corrected chi connectivity index (χ1v) is 5.31. The van der Waals surface area contributed by atoms with E-state index in [1.807, 2.05) is 6.92 Å². The predicted molar refractivity (Wildman–Crippen MR) is 56.7 cm³/mol. The van der Waals surface area contributed by atoms with Crippen molar-refractivity contribution in [3.8, 4) is 0 Å². The van der Waals surface area contributed by atoms with Gasteiger partial charge in [-0.1, -0.05) is 13.3 Å². The van der Waals surface area contributed by atoms with E-state index < -0.39 is 11.5 Å². The summed E-state index contributed by atoms with van der Waals surface area (Å²) < 4.78 is 9.71. The number of nitrogens with zero attached hydrogens (tertiary/aromatic N) is 2. The lowest BCUT2D eigenvalue weighted by Crippen LogP contribution is -2.33. The molecule has 0 aliphatic heterocycles. The topological polar surface area (TPSA) is 91.2 Å². The molecule has 1 rings (SSSR count). The second-order valence-electron chi connectivity index (χ2n) is 3.81. The van der Waals surface area contributed by atoms with Crippen LogP contribution in [0.5, 0.6) is 0 Å². The molecule has 0 spiro atoms. The minimum Gasteiger partial charge on any atom is -0.460 e. The highest BCUT2D eigenvalue weighted by Gasteiger charge is 2.29. The Bertz CT molecular complexity index is 360. The Kier molecular flexibility index (Phi) is 4.00. The zero-order valence-corrected chi connectivity index (χ0v) is 9.82. The van der Waals surface area contributed by atoms with Crippen LogP contribution in [0.2, 0.25) is 0 Å². The molecule has 0 fully saturated rings. The Hall–Kier alpha value is -1.43. The van der Waals surface area contributed by atoms with E-state index >= 15 is 0 Å². The maximum absolute atomic E-state index is 11.3. The highest BCUT2D eigenvalue weighted by atomic mass is 16.5. The number of aromatic nitrogens is 2. The molecule has 1 aromatic rings. The summed E-state index contributed by atoms with van der Waals surface area (Å²) in [6, 6.07) is 0. The fraction of sp³-hybridized carbons (Fsp3) is 0.700. The van der Waals surface area contributed by atoms with Crippen LogP contribution in [0.3, 0.4) is 0 Å². The molecule has 16 heavy (non-hydrogen) atoms. The van der Waals surface area contributed by atoms with Gasteiger partial charge in [0, 0.05) is 0 Å². The normalized spacial score (nSPS) is 14.5. The van der Waals surface area contributed by atoms with Crippen LogP contribution in [0.1, 0.15) is 50.1 Å². The van der Waals surface area contributed by atoms with Gasteiger partial charge in [-0.2, -0.15) is 4.98 Å². The Morgan fingerprint density at radius 1 is 1.56 bits per heavy atom. The van der Waals surface area contributed by atoms with E-state index in [1.54, 1.807) is 13.8 Å². The van der Waals surface area contributed by atoms with Crippen LogP contribution in [0.15, 0.2) is 4.52 Å². The fourth-order valence-corrected chi connectivity index (χ4v) is 1.36. The second kappa shape index (κ2) is 5.07. The first kappa shape index (κ1) is 12.6. The van der Waals surface area contributed by atoms with Gasteiger partial charge < -0.3 is 15.0 Å². The Labute approximate surface area is 94.2 Å². The number of ether oxygens (including phenoxy) is 1. The lowest BCUT2D eigenvalue weighted by Gasteiger charge is -2.17. The van der Waals surface area contributed by atoms with Crippen LogP contribution in [0.25, 0.3) is 0 Å². The zero-order valence-electron chi connectivity index (χ0n) is 9.82. The molecule has 0 saturated carbocycles. The van der Waals surface area contributed by atoms with Gasteiger partial charge in [-0.25, -0.2) is 4.79 Å². The van der Waals surface area contributed by atoms with Crippen molar-refractivity contribution in [3.63, 3.8) is 0 Å². The summed E-state index contributed by atoms with van der Waals surface area (Å²) in [4.78, 5) is 15.2. The number of carbonyl (C=O) groups excluding carboxylic acids is 1. The molecule has 1 unspecified atom stereocenters. The second-order valence-corrected chi connectivity index (χ2v) is 3.81. The molecule has 1 atom stereocenters. The first-order chi connectivity index (χ1) is 7.51. The molecule has 90 valence electrons. The summed E-state index contributed by atoms with van der Waals surface area (Å²) in [5, 5.41) is 3.54. The van der Waals surface area contributed by atoms with Crippen LogP contribution >= 0.6 is 0 Å². The quantitative estimate of drug-likeness (QED) is 0.760. The minimum absolute atomic E-state index is 0.0790. The summed E-state index contributed by atoms with van der Waals surface area (Å²) >= 11 is 0. The van der Waals surface area contributed by atoms with E-state index in [-0.39, 0.29) is 18.3 Å². The van der Waals surface area contributed by atoms with Gasteiger partial charge in [-0.3, -0.25) is 0 Å². The van der Waals surface area contributed by atoms with Gasteiger partial charge in [0.1, 0.15) is 0 Å². The van der Waals surface area contributed by atoms with Crippen LogP contribution in [0.4, 0.5) is 0 Å². The molecular formula is C10H17N3O3. The van der Waals surface area contributed by atoms with E-state index in [9.17, 15) is 4.79 Å². The Morgan fingerprint density at radius 3 is 2.81 bits per heavy atom. The zero-order chi connectivity index (χ0) is 12.2. The van der Waals surface area contributed by atoms with Gasteiger partial charge in [0.25, 0.3) is 5.82 Å². The summed E-state index contributed by atoms with van der Waals surface area (Å²) in [6.07, 6.45) is 1.60. The number of carbonyl (C=O) groups is 1. The highest BCUT2D eigenvalue weighted by Crippen LogP contribution is 2.21. The lowest BCUT2D eigenvalue weighted by atomic mass is 9.98. The third-order valence-corrected chi connectivity index (χ3v) is 2.14. The Morgan fingerprint density at radius 2 is 2.25 bits per heavy atom. The van der Waals surface area contributed by atoms with Gasteiger partial charge in [-0.15, -0.1) is 0 Å². The number of esters is 1. The van der Waals surface area contributed by atoms with E-state index in [2.05, 4.69) is 10.1 Å². The van der Waals surface area contributed by atoms with Crippen molar-refractivity contribution >= 4 is 5.97 Å². The van der Waals surface area contributed by atoms with Gasteiger partial charge in [-0.05, 0) is 25.4 Å². The summed E-state index contributed by atoms with van der Waals surface area (Å²) in [6.45, 7) is 5.78. The molecule has 0 bridgehead atoms. The fourth-order valence-electron chi connectivity index (χ4n) is 1.36. The van der Waals surface area contributed by atoms with Gasteiger partial charge >= 0.3 is 5.97 Å². The molecule has 6 nitrogen and oxygen atoms in total. The first-order valence-electron chi connectivity index (χ1n) is 5.31. The van der Waals surface area contributed by atoms with Crippen LogP contribution in [0, 0.1) is 0 Å². The number of hydrogen-bond acceptors (Lipinski definition) is 6. The molecule has 0 amide bonds. The number of nitrogens with two attached hydrogens (primary N) is 1. The van der Waals surface area contributed by atoms with E-state index in [1.165, 1.54) is 0 Å². The van der Waals surface area contributed by atoms with Crippen molar-refractivity contribution in [1.29, 1.82) is 0 Å². The maximum Gasteiger partial charge on any atom is 0.379 e. The van der Waals surface area contributed by atoms with Crippen molar-refractivity contribution in [1.82, 2.24) is 10.1 Å². The van der Waals surface area contributed by atoms with Crippen LogP contribution in [-0.4, -0.2) is 22.7 Å². The van der Waals surface area contributed by atoms with E-state index in [0.717, 1.165) is 6.42 Å². The average molecular weight is 227 g/mol. The SMILES string of the molecule is CCCC(C)(N)c1nc(C(=O)OCC)no1. The van der Waals surface area contributed by atoms with Crippen molar-refractivity contribution < 1.29 is 14.1 Å². The van der Waals surface area contributed by atoms with Crippen molar-refractivity contribution in [2.24, 2.45) is 5.73 Å². The van der Waals surface area contributed by atoms with Crippen molar-refractivity contribution in [3.05, 3.63) is 11.7 Å². The molecule has 0 aliphatic rings. The third-order valence-electron chi connectivity index (χ3n) is 2.14. The molecule has 0 saturated heterocycles. The standard InChI is InChI=1S/C10H17N3O3/c1-4-6-10(3,11)9-12-7(13-16-9)8(14)15-5-2/h4-6,11H2,1-3H3. The summed E-state index contributed by atoms with van der Waals surface area (Å²) in [7, 11) is 0. The summed E-state index contributed by atoms with van der Waals surface area (Å²) in [5.41, 5.74) is 5.29. The Balaban J connectivity index is 2.82. The molecule has 1 heterocycles. The molecule has 2 N–H and O–H groups in total. The molecule has 0 radical (unpaired) electrons. The van der Waals surface area contributed by atoms with E-state index in [4.69, 9.17) is 15.0 Å². The van der Waals surface area contributed by atoms with Gasteiger partial charge in [0.05, 0.1) is 12.1 Å². The monoisotopic (exact) mass is 227 g/mol. The lowest BCUT2D eigenvalue weighted by molar-refractivity contribution is 0.0508. The molecule has 0 aromatic carbocycles. The van der Waals surface area contributed by atoms with Crippen LogP contribution < -0.4 is 5.73 Å². The van der Waals surface area contributed by atoms with Crippen LogP contribution in [-0.2, 0) is 10.3 Å². The molecular weight excluding hydrogens is 210 g/mol. The van der Waals surface area contributed by atoms with Crippen molar-refractivity contribution in [2.75, 3.05) is 6.61 Å². The third kappa shape index (κ3) is 2.79. The van der Waals surface area contributed by atoms with Gasteiger partial charge in [0.2, 0.25) is 5.89 Å². The number of hydrogen-bond donors (Lipinski definition) is 1. The molecule has 1 aromatic heterocycles.